The van der Waals surface area contributed by atoms with Gasteiger partial charge in [-0.25, -0.2) is 19.2 Å². The van der Waals surface area contributed by atoms with E-state index in [1.807, 2.05) is 60.7 Å². The van der Waals surface area contributed by atoms with Gasteiger partial charge in [0.15, 0.2) is 0 Å². The number of esters is 2. The maximum absolute atomic E-state index is 14.6. The molecule has 2 heterocycles. The number of amides is 8. The highest BCUT2D eigenvalue weighted by Crippen LogP contribution is 2.37. The lowest BCUT2D eigenvalue weighted by Crippen LogP contribution is -2.42. The van der Waals surface area contributed by atoms with Gasteiger partial charge in [-0.15, -0.1) is 0 Å². The van der Waals surface area contributed by atoms with Crippen molar-refractivity contribution in [3.05, 3.63) is 210 Å². The Balaban J connectivity index is 0.831. The molecule has 0 bridgehead atoms. The van der Waals surface area contributed by atoms with Crippen LogP contribution >= 0.6 is 23.2 Å². The highest BCUT2D eigenvalue weighted by atomic mass is 35.5. The molecule has 0 aromatic heterocycles. The SMILES string of the molecule is COC(=O)[C@H](CCCNC(=O)c1cc2c(cc1C(=O)NCCc1ccc(Cl)cc1)CN(C(=O)[C@@H]1CCC[C@H](C(=O)N3Cc4cc(C(=O)NCCC[C@H](NC(=O)OCc5ccccc5)C(=O)OC)c(C(=O)NCCc5ccc(Cl)cc5)cc4C3)C1)C2)NC(=O)OCc1ccccc1. The highest BCUT2D eigenvalue weighted by Gasteiger charge is 2.39. The third-order valence-electron chi connectivity index (χ3n) is 17.2. The van der Waals surface area contributed by atoms with Gasteiger partial charge in [-0.3, -0.25) is 28.8 Å². The van der Waals surface area contributed by atoms with Crippen molar-refractivity contribution in [2.24, 2.45) is 11.8 Å². The van der Waals surface area contributed by atoms with E-state index in [9.17, 15) is 47.9 Å². The zero-order valence-corrected chi connectivity index (χ0v) is 55.0. The van der Waals surface area contributed by atoms with Crippen LogP contribution in [0, 0.1) is 11.8 Å². The first kappa shape index (κ1) is 70.5. The standard InChI is InChI=1S/C72H78Cl2N8O14/c1-93-69(89)61(79-71(91)95-43-47-12-5-3-6-13-47)18-10-30-75-63(83)57-35-51-39-81(41-53(51)37-59(57)65(85)77-32-28-45-20-24-55(73)25-21-45)67(87)49-16-9-17-50(34-49)68(88)82-40-52-36-58(60(38-54(52)42-82)66(86)78-33-29-46-22-26-56(74)27-23-46)64(84)76-31-11-19-62(70(90)94-2)80-72(92)96-44-48-14-7-4-8-15-48/h3-8,12-15,20-27,35-38,49-50,61-62H,9-11,16-19,28-34,39-44H2,1-2H3,(H,75,83)(H,76,84)(H,77,85)(H,78,86)(H,79,91)(H,80,92)/t49-,50+,61-,62-/m0/s1. The van der Waals surface area contributed by atoms with Gasteiger partial charge in [0.2, 0.25) is 11.8 Å². The number of nitrogens with one attached hydrogen (secondary N) is 6. The number of fused-ring (bicyclic) bond motifs is 2. The smallest absolute Gasteiger partial charge is 0.408 e. The van der Waals surface area contributed by atoms with Crippen LogP contribution in [-0.2, 0) is 90.4 Å². The molecular formula is C72H78Cl2N8O14. The number of methoxy groups -OCH3 is 2. The van der Waals surface area contributed by atoms with Crippen LogP contribution in [0.25, 0.3) is 0 Å². The molecule has 6 aromatic carbocycles. The maximum atomic E-state index is 14.6. The molecule has 0 saturated heterocycles. The second-order valence-electron chi connectivity index (χ2n) is 23.9. The number of rotatable bonds is 28. The molecular weight excluding hydrogens is 1270 g/mol. The minimum atomic E-state index is -1.07. The number of alkyl carbamates (subject to hydrolysis) is 2. The summed E-state index contributed by atoms with van der Waals surface area (Å²) in [5.41, 5.74) is 6.49. The van der Waals surface area contributed by atoms with Crippen molar-refractivity contribution in [1.82, 2.24) is 41.7 Å². The molecule has 0 spiro atoms. The van der Waals surface area contributed by atoms with E-state index in [-0.39, 0.29) is 132 Å². The summed E-state index contributed by atoms with van der Waals surface area (Å²) in [6.07, 6.45) is 1.94. The zero-order valence-electron chi connectivity index (χ0n) is 53.5. The molecule has 2 aliphatic heterocycles. The summed E-state index contributed by atoms with van der Waals surface area (Å²) < 4.78 is 20.5. The molecule has 4 atom stereocenters. The summed E-state index contributed by atoms with van der Waals surface area (Å²) >= 11 is 12.2. The molecule has 24 heteroatoms. The number of nitrogens with zero attached hydrogens (tertiary/aromatic N) is 2. The van der Waals surface area contributed by atoms with Crippen molar-refractivity contribution in [2.45, 2.75) is 116 Å². The Morgan fingerprint density at radius 2 is 0.781 bits per heavy atom. The van der Waals surface area contributed by atoms with E-state index in [2.05, 4.69) is 31.9 Å². The van der Waals surface area contributed by atoms with E-state index in [4.69, 9.17) is 42.1 Å². The van der Waals surface area contributed by atoms with Crippen LogP contribution in [0.1, 0.15) is 137 Å². The van der Waals surface area contributed by atoms with Gasteiger partial charge in [0.05, 0.1) is 36.5 Å². The summed E-state index contributed by atoms with van der Waals surface area (Å²) in [5.74, 6) is -4.86. The second-order valence-corrected chi connectivity index (χ2v) is 24.8. The van der Waals surface area contributed by atoms with Crippen LogP contribution in [0.5, 0.6) is 0 Å². The van der Waals surface area contributed by atoms with E-state index >= 15 is 0 Å². The first-order valence-electron chi connectivity index (χ1n) is 32.0. The quantitative estimate of drug-likeness (QED) is 0.0152. The predicted octanol–water partition coefficient (Wildman–Crippen LogP) is 9.09. The normalized spacial score (nSPS) is 15.1. The average Bonchev–Trinajstić information content (AvgIpc) is 1.57. The molecule has 0 unspecified atom stereocenters. The largest absolute Gasteiger partial charge is 0.467 e. The van der Waals surface area contributed by atoms with E-state index in [0.29, 0.717) is 64.4 Å². The van der Waals surface area contributed by atoms with Gasteiger partial charge in [0.25, 0.3) is 23.6 Å². The van der Waals surface area contributed by atoms with Gasteiger partial charge in [0.1, 0.15) is 25.3 Å². The van der Waals surface area contributed by atoms with E-state index in [0.717, 1.165) is 22.3 Å². The third kappa shape index (κ3) is 19.7. The molecule has 504 valence electrons. The summed E-state index contributed by atoms with van der Waals surface area (Å²) in [7, 11) is 2.40. The molecule has 96 heavy (non-hydrogen) atoms. The summed E-state index contributed by atoms with van der Waals surface area (Å²) in [6.45, 7) is 1.21. The van der Waals surface area contributed by atoms with Crippen LogP contribution in [0.15, 0.2) is 133 Å². The number of benzene rings is 6. The number of hydrogen-bond donors (Lipinski definition) is 6. The van der Waals surface area contributed by atoms with Crippen molar-refractivity contribution < 1.29 is 66.9 Å². The van der Waals surface area contributed by atoms with Crippen LogP contribution in [-0.4, -0.2) is 122 Å². The molecule has 6 aromatic rings. The molecule has 0 radical (unpaired) electrons. The monoisotopic (exact) mass is 1350 g/mol. The average molecular weight is 1350 g/mol. The summed E-state index contributed by atoms with van der Waals surface area (Å²) in [4.78, 5) is 140. The van der Waals surface area contributed by atoms with Crippen LogP contribution in [0.3, 0.4) is 0 Å². The molecule has 1 saturated carbocycles. The van der Waals surface area contributed by atoms with Gasteiger partial charge in [-0.2, -0.15) is 0 Å². The van der Waals surface area contributed by atoms with Crippen LogP contribution in [0.4, 0.5) is 9.59 Å². The lowest BCUT2D eigenvalue weighted by molar-refractivity contribution is -0.144. The van der Waals surface area contributed by atoms with Crippen LogP contribution < -0.4 is 31.9 Å². The Labute approximate surface area is 566 Å². The Kier molecular flexibility index (Phi) is 25.4. The topological polar surface area (TPSA) is 286 Å². The lowest BCUT2D eigenvalue weighted by Gasteiger charge is -2.32. The van der Waals surface area contributed by atoms with Crippen molar-refractivity contribution in [2.75, 3.05) is 40.4 Å². The number of carbonyl (C=O) groups excluding carboxylic acids is 10. The molecule has 1 aliphatic carbocycles. The zero-order chi connectivity index (χ0) is 68.1. The second kappa shape index (κ2) is 34.6. The first-order chi connectivity index (χ1) is 46.4. The Morgan fingerprint density at radius 1 is 0.448 bits per heavy atom. The number of halogens is 2. The van der Waals surface area contributed by atoms with Gasteiger partial charge >= 0.3 is 24.1 Å². The molecule has 3 aliphatic rings. The summed E-state index contributed by atoms with van der Waals surface area (Å²) in [5, 5.41) is 17.8. The van der Waals surface area contributed by atoms with Gasteiger partial charge < -0.3 is 60.6 Å². The van der Waals surface area contributed by atoms with E-state index < -0.39 is 71.7 Å². The number of carbonyl (C=O) groups is 10. The highest BCUT2D eigenvalue weighted by molar-refractivity contribution is 6.30. The number of ether oxygens (including phenoxy) is 4. The molecule has 9 rings (SSSR count). The Hall–Kier alpha value is -9.80. The Morgan fingerprint density at radius 3 is 1.11 bits per heavy atom. The molecule has 6 N–H and O–H groups in total. The summed E-state index contributed by atoms with van der Waals surface area (Å²) in [6, 6.07) is 37.0. The molecule has 22 nitrogen and oxygen atoms in total. The van der Waals surface area contributed by atoms with Gasteiger partial charge in [-0.05, 0) is 151 Å². The fourth-order valence-electron chi connectivity index (χ4n) is 12.1. The van der Waals surface area contributed by atoms with Crippen molar-refractivity contribution in [3.8, 4) is 0 Å². The fraction of sp³-hybridized carbons (Fsp3) is 0.361. The Bertz CT molecular complexity index is 3540. The lowest BCUT2D eigenvalue weighted by atomic mass is 9.80. The van der Waals surface area contributed by atoms with Crippen molar-refractivity contribution >= 4 is 82.8 Å². The minimum Gasteiger partial charge on any atom is -0.467 e. The fourth-order valence-corrected chi connectivity index (χ4v) is 12.3. The molecule has 1 fully saturated rings. The maximum Gasteiger partial charge on any atom is 0.408 e. The molecule has 8 amide bonds. The number of hydrogen-bond acceptors (Lipinski definition) is 14. The third-order valence-corrected chi connectivity index (χ3v) is 17.7. The van der Waals surface area contributed by atoms with E-state index in [1.54, 1.807) is 82.6 Å². The van der Waals surface area contributed by atoms with Crippen molar-refractivity contribution in [1.29, 1.82) is 0 Å². The minimum absolute atomic E-state index is 0.0136. The van der Waals surface area contributed by atoms with Crippen molar-refractivity contribution in [3.63, 3.8) is 0 Å². The van der Waals surface area contributed by atoms with E-state index in [1.165, 1.54) is 14.2 Å². The van der Waals surface area contributed by atoms with Gasteiger partial charge in [0, 0.05) is 74.2 Å². The first-order valence-corrected chi connectivity index (χ1v) is 32.8. The predicted molar refractivity (Wildman–Crippen MR) is 356 cm³/mol. The van der Waals surface area contributed by atoms with Gasteiger partial charge in [-0.1, -0.05) is 115 Å². The van der Waals surface area contributed by atoms with Crippen LogP contribution in [0.2, 0.25) is 10.0 Å².